The van der Waals surface area contributed by atoms with Crippen molar-refractivity contribution in [3.63, 3.8) is 0 Å². The molecule has 0 bridgehead atoms. The van der Waals surface area contributed by atoms with Crippen LogP contribution in [0, 0.1) is 5.41 Å². The first-order valence-electron chi connectivity index (χ1n) is 7.65. The average molecular weight is 316 g/mol. The quantitative estimate of drug-likeness (QED) is 0.538. The van der Waals surface area contributed by atoms with Gasteiger partial charge in [-0.1, -0.05) is 12.1 Å². The Morgan fingerprint density at radius 1 is 1.52 bits per heavy atom. The number of hydrogen-bond donors (Lipinski definition) is 5. The number of anilines is 2. The minimum Gasteiger partial charge on any atom is -0.394 e. The van der Waals surface area contributed by atoms with Crippen molar-refractivity contribution in [2.24, 2.45) is 0 Å². The Labute approximate surface area is 136 Å². The van der Waals surface area contributed by atoms with Crippen molar-refractivity contribution < 1.29 is 9.90 Å². The summed E-state index contributed by atoms with van der Waals surface area (Å²) in [4.78, 5) is 11.9. The number of carbonyl (C=O) groups is 1. The van der Waals surface area contributed by atoms with Crippen LogP contribution in [-0.4, -0.2) is 35.4 Å². The molecule has 0 fully saturated rings. The maximum absolute atomic E-state index is 11.9. The van der Waals surface area contributed by atoms with E-state index in [1.54, 1.807) is 6.20 Å². The molecule has 0 saturated carbocycles. The van der Waals surface area contributed by atoms with Crippen LogP contribution >= 0.6 is 0 Å². The van der Waals surface area contributed by atoms with Crippen LogP contribution in [0.2, 0.25) is 0 Å². The molecule has 0 saturated heterocycles. The van der Waals surface area contributed by atoms with Crippen LogP contribution in [0.5, 0.6) is 0 Å². The molecule has 2 rings (SSSR count). The van der Waals surface area contributed by atoms with Gasteiger partial charge in [-0.15, -0.1) is 0 Å². The molecule has 6 nitrogen and oxygen atoms in total. The van der Waals surface area contributed by atoms with E-state index >= 15 is 0 Å². The molecule has 1 amide bonds. The third-order valence-electron chi connectivity index (χ3n) is 3.70. The van der Waals surface area contributed by atoms with Crippen LogP contribution in [0.4, 0.5) is 11.4 Å². The number of aliphatic hydroxyl groups excluding tert-OH is 1. The van der Waals surface area contributed by atoms with Gasteiger partial charge in [-0.05, 0) is 26.8 Å². The van der Waals surface area contributed by atoms with Gasteiger partial charge in [-0.3, -0.25) is 4.79 Å². The standard InChI is InChI=1S/C17H24N4O2/c1-11-7-15(23)21-14-6-4-5-13(16(14)20-11)12(8-18)9-19-17(2,3)10-22/h4-6,8-9,11,18-20,22H,7,10H2,1-3H3,(H,21,23)/b12-9+,18-8?/t11-/m1/s1. The second-order valence-electron chi connectivity index (χ2n) is 6.46. The van der Waals surface area contributed by atoms with E-state index in [-0.39, 0.29) is 18.6 Å². The highest BCUT2D eigenvalue weighted by molar-refractivity contribution is 6.12. The van der Waals surface area contributed by atoms with Crippen molar-refractivity contribution in [1.29, 1.82) is 5.41 Å². The lowest BCUT2D eigenvalue weighted by Crippen LogP contribution is -2.39. The van der Waals surface area contributed by atoms with Gasteiger partial charge in [-0.2, -0.15) is 0 Å². The monoisotopic (exact) mass is 316 g/mol. The number of rotatable bonds is 5. The highest BCUT2D eigenvalue weighted by Crippen LogP contribution is 2.33. The molecule has 6 heteroatoms. The topological polar surface area (TPSA) is 97.2 Å². The number of fused-ring (bicyclic) bond motifs is 1. The molecule has 1 atom stereocenters. The van der Waals surface area contributed by atoms with Gasteiger partial charge in [0.1, 0.15) is 0 Å². The summed E-state index contributed by atoms with van der Waals surface area (Å²) in [6, 6.07) is 5.60. The van der Waals surface area contributed by atoms with Crippen LogP contribution in [0.15, 0.2) is 24.4 Å². The SMILES string of the molecule is C[C@@H]1CC(=O)Nc2cccc(/C(C=N)=C/NC(C)(C)CO)c2N1. The van der Waals surface area contributed by atoms with E-state index in [4.69, 9.17) is 5.41 Å². The maximum Gasteiger partial charge on any atom is 0.226 e. The van der Waals surface area contributed by atoms with Gasteiger partial charge in [0, 0.05) is 36.0 Å². The van der Waals surface area contributed by atoms with Crippen molar-refractivity contribution in [1.82, 2.24) is 5.32 Å². The summed E-state index contributed by atoms with van der Waals surface area (Å²) in [5, 5.41) is 26.4. The first-order chi connectivity index (χ1) is 10.9. The number of amides is 1. The third-order valence-corrected chi connectivity index (χ3v) is 3.70. The molecular formula is C17H24N4O2. The fourth-order valence-electron chi connectivity index (χ4n) is 2.35. The minimum absolute atomic E-state index is 0.00576. The Hall–Kier alpha value is -2.34. The normalized spacial score (nSPS) is 18.3. The summed E-state index contributed by atoms with van der Waals surface area (Å²) in [7, 11) is 0. The van der Waals surface area contributed by atoms with Gasteiger partial charge in [0.25, 0.3) is 0 Å². The number of benzene rings is 1. The lowest BCUT2D eigenvalue weighted by molar-refractivity contribution is -0.116. The molecule has 124 valence electrons. The molecule has 0 radical (unpaired) electrons. The van der Waals surface area contributed by atoms with Crippen LogP contribution in [0.1, 0.15) is 32.8 Å². The fourth-order valence-corrected chi connectivity index (χ4v) is 2.35. The molecule has 5 N–H and O–H groups in total. The average Bonchev–Trinajstić information content (AvgIpc) is 2.64. The molecule has 1 aliphatic rings. The Bertz CT molecular complexity index is 637. The van der Waals surface area contributed by atoms with Crippen LogP contribution in [0.3, 0.4) is 0 Å². The summed E-state index contributed by atoms with van der Waals surface area (Å²) < 4.78 is 0. The number of para-hydroxylation sites is 1. The number of hydrogen-bond acceptors (Lipinski definition) is 5. The lowest BCUT2D eigenvalue weighted by atomic mass is 10.0. The van der Waals surface area contributed by atoms with Crippen molar-refractivity contribution in [3.05, 3.63) is 30.0 Å². The van der Waals surface area contributed by atoms with Gasteiger partial charge >= 0.3 is 0 Å². The first kappa shape index (κ1) is 17.0. The first-order valence-corrected chi connectivity index (χ1v) is 7.65. The van der Waals surface area contributed by atoms with E-state index in [1.807, 2.05) is 39.0 Å². The summed E-state index contributed by atoms with van der Waals surface area (Å²) in [5.41, 5.74) is 2.54. The predicted molar refractivity (Wildman–Crippen MR) is 93.8 cm³/mol. The number of allylic oxidation sites excluding steroid dienone is 1. The number of nitrogens with one attached hydrogen (secondary N) is 4. The fraction of sp³-hybridized carbons (Fsp3) is 0.412. The Kier molecular flexibility index (Phi) is 5.05. The molecule has 0 aromatic heterocycles. The van der Waals surface area contributed by atoms with Crippen molar-refractivity contribution in [2.45, 2.75) is 38.8 Å². The van der Waals surface area contributed by atoms with E-state index in [0.29, 0.717) is 17.7 Å². The summed E-state index contributed by atoms with van der Waals surface area (Å²) in [6.45, 7) is 5.67. The Balaban J connectivity index is 2.42. The van der Waals surface area contributed by atoms with Crippen LogP contribution < -0.4 is 16.0 Å². The van der Waals surface area contributed by atoms with Crippen molar-refractivity contribution >= 4 is 29.1 Å². The molecule has 1 heterocycles. The summed E-state index contributed by atoms with van der Waals surface area (Å²) in [5.74, 6) is -0.0270. The molecule has 0 spiro atoms. The van der Waals surface area contributed by atoms with Gasteiger partial charge in [0.15, 0.2) is 0 Å². The lowest BCUT2D eigenvalue weighted by Gasteiger charge is -2.23. The number of carbonyl (C=O) groups excluding carboxylic acids is 1. The van der Waals surface area contributed by atoms with Crippen LogP contribution in [0.25, 0.3) is 5.57 Å². The Morgan fingerprint density at radius 3 is 2.91 bits per heavy atom. The molecule has 0 aliphatic carbocycles. The summed E-state index contributed by atoms with van der Waals surface area (Å²) in [6.07, 6.45) is 3.38. The van der Waals surface area contributed by atoms with E-state index in [2.05, 4.69) is 16.0 Å². The van der Waals surface area contributed by atoms with Gasteiger partial charge in [-0.25, -0.2) is 0 Å². The van der Waals surface area contributed by atoms with E-state index in [1.165, 1.54) is 6.21 Å². The zero-order chi connectivity index (χ0) is 17.0. The molecule has 23 heavy (non-hydrogen) atoms. The third kappa shape index (κ3) is 4.10. The van der Waals surface area contributed by atoms with Gasteiger partial charge in [0.2, 0.25) is 5.91 Å². The smallest absolute Gasteiger partial charge is 0.226 e. The highest BCUT2D eigenvalue weighted by atomic mass is 16.3. The second kappa shape index (κ2) is 6.83. The molecule has 0 unspecified atom stereocenters. The maximum atomic E-state index is 11.9. The number of aliphatic hydroxyl groups is 1. The van der Waals surface area contributed by atoms with E-state index in [0.717, 1.165) is 11.3 Å². The Morgan fingerprint density at radius 2 is 2.26 bits per heavy atom. The van der Waals surface area contributed by atoms with Crippen molar-refractivity contribution in [2.75, 3.05) is 17.2 Å². The van der Waals surface area contributed by atoms with Gasteiger partial charge in [0.05, 0.1) is 23.5 Å². The minimum atomic E-state index is -0.477. The largest absolute Gasteiger partial charge is 0.394 e. The molecular weight excluding hydrogens is 292 g/mol. The molecule has 1 aromatic carbocycles. The second-order valence-corrected chi connectivity index (χ2v) is 6.46. The van der Waals surface area contributed by atoms with Crippen LogP contribution in [-0.2, 0) is 4.79 Å². The molecule has 1 aliphatic heterocycles. The molecule has 1 aromatic rings. The van der Waals surface area contributed by atoms with Gasteiger partial charge < -0.3 is 26.5 Å². The zero-order valence-corrected chi connectivity index (χ0v) is 13.7. The van der Waals surface area contributed by atoms with Crippen molar-refractivity contribution in [3.8, 4) is 0 Å². The highest BCUT2D eigenvalue weighted by Gasteiger charge is 2.21. The zero-order valence-electron chi connectivity index (χ0n) is 13.7. The van der Waals surface area contributed by atoms with E-state index < -0.39 is 5.54 Å². The summed E-state index contributed by atoms with van der Waals surface area (Å²) >= 11 is 0. The predicted octanol–water partition coefficient (Wildman–Crippen LogP) is 2.18. The van der Waals surface area contributed by atoms with E-state index in [9.17, 15) is 9.90 Å².